The van der Waals surface area contributed by atoms with E-state index in [1.165, 1.54) is 24.3 Å². The van der Waals surface area contributed by atoms with Gasteiger partial charge in [0.2, 0.25) is 5.82 Å². The summed E-state index contributed by atoms with van der Waals surface area (Å²) in [5.74, 6) is -2.18. The highest BCUT2D eigenvalue weighted by molar-refractivity contribution is 6.32. The van der Waals surface area contributed by atoms with E-state index in [4.69, 9.17) is 11.6 Å². The van der Waals surface area contributed by atoms with Gasteiger partial charge in [0, 0.05) is 11.6 Å². The van der Waals surface area contributed by atoms with E-state index in [9.17, 15) is 24.4 Å². The van der Waals surface area contributed by atoms with Gasteiger partial charge in [0.15, 0.2) is 0 Å². The van der Waals surface area contributed by atoms with Crippen molar-refractivity contribution < 1.29 is 19.2 Å². The molecule has 0 aliphatic heterocycles. The van der Waals surface area contributed by atoms with Gasteiger partial charge in [-0.1, -0.05) is 17.7 Å². The van der Waals surface area contributed by atoms with Gasteiger partial charge in [-0.3, -0.25) is 14.9 Å². The van der Waals surface area contributed by atoms with E-state index in [2.05, 4.69) is 5.32 Å². The number of nitrogens with zero attached hydrogens (tertiary/aromatic N) is 1. The molecule has 0 aliphatic rings. The quantitative estimate of drug-likeness (QED) is 0.671. The average molecular weight is 311 g/mol. The highest BCUT2D eigenvalue weighted by atomic mass is 35.5. The monoisotopic (exact) mass is 310 g/mol. The summed E-state index contributed by atoms with van der Waals surface area (Å²) in [5.41, 5.74) is -1.04. The number of amides is 1. The Morgan fingerprint density at radius 2 is 2.05 bits per heavy atom. The first kappa shape index (κ1) is 14.7. The van der Waals surface area contributed by atoms with Gasteiger partial charge in [0.25, 0.3) is 5.91 Å². The first-order valence-electron chi connectivity index (χ1n) is 5.63. The van der Waals surface area contributed by atoms with E-state index in [-0.39, 0.29) is 22.0 Å². The first-order chi connectivity index (χ1) is 9.90. The summed E-state index contributed by atoms with van der Waals surface area (Å²) < 4.78 is 13.8. The summed E-state index contributed by atoms with van der Waals surface area (Å²) in [6.45, 7) is 0. The molecule has 0 fully saturated rings. The minimum atomic E-state index is -1.14. The summed E-state index contributed by atoms with van der Waals surface area (Å²) in [7, 11) is 0. The Morgan fingerprint density at radius 3 is 2.67 bits per heavy atom. The summed E-state index contributed by atoms with van der Waals surface area (Å²) in [4.78, 5) is 21.6. The third-order valence-electron chi connectivity index (χ3n) is 2.63. The van der Waals surface area contributed by atoms with Crippen molar-refractivity contribution in [2.24, 2.45) is 0 Å². The second-order valence-corrected chi connectivity index (χ2v) is 4.42. The van der Waals surface area contributed by atoms with Crippen molar-refractivity contribution in [3.63, 3.8) is 0 Å². The van der Waals surface area contributed by atoms with Crippen LogP contribution in [-0.2, 0) is 0 Å². The van der Waals surface area contributed by atoms with Crippen molar-refractivity contribution in [2.75, 3.05) is 5.32 Å². The number of carbonyl (C=O) groups excluding carboxylic acids is 1. The van der Waals surface area contributed by atoms with Gasteiger partial charge in [-0.15, -0.1) is 0 Å². The summed E-state index contributed by atoms with van der Waals surface area (Å²) in [6, 6.07) is 7.15. The van der Waals surface area contributed by atoms with Gasteiger partial charge in [-0.05, 0) is 24.3 Å². The number of carbonyl (C=O) groups is 1. The van der Waals surface area contributed by atoms with Crippen molar-refractivity contribution in [2.45, 2.75) is 0 Å². The lowest BCUT2D eigenvalue weighted by Gasteiger charge is -2.07. The Labute approximate surface area is 122 Å². The van der Waals surface area contributed by atoms with Gasteiger partial charge in [-0.2, -0.15) is 4.39 Å². The van der Waals surface area contributed by atoms with Gasteiger partial charge in [0.1, 0.15) is 5.75 Å². The Morgan fingerprint density at radius 1 is 1.33 bits per heavy atom. The molecule has 2 rings (SSSR count). The highest BCUT2D eigenvalue weighted by Gasteiger charge is 2.19. The summed E-state index contributed by atoms with van der Waals surface area (Å²) in [6.07, 6.45) is 0. The Bertz CT molecular complexity index is 736. The zero-order valence-electron chi connectivity index (χ0n) is 10.3. The lowest BCUT2D eigenvalue weighted by atomic mass is 10.2. The molecule has 0 saturated carbocycles. The van der Waals surface area contributed by atoms with Crippen molar-refractivity contribution in [3.8, 4) is 5.75 Å². The molecule has 0 saturated heterocycles. The van der Waals surface area contributed by atoms with Gasteiger partial charge in [-0.25, -0.2) is 0 Å². The number of nitro benzene ring substituents is 1. The van der Waals surface area contributed by atoms with Crippen LogP contribution in [0.4, 0.5) is 15.8 Å². The van der Waals surface area contributed by atoms with Crippen LogP contribution in [-0.4, -0.2) is 15.9 Å². The number of rotatable bonds is 3. The normalized spacial score (nSPS) is 10.2. The van der Waals surface area contributed by atoms with Crippen LogP contribution < -0.4 is 5.32 Å². The number of hydrogen-bond acceptors (Lipinski definition) is 4. The molecule has 2 aromatic rings. The molecule has 0 bridgehead atoms. The number of aromatic hydroxyl groups is 1. The maximum atomic E-state index is 13.8. The topological polar surface area (TPSA) is 92.5 Å². The molecular weight excluding hydrogens is 303 g/mol. The van der Waals surface area contributed by atoms with Crippen LogP contribution in [0.25, 0.3) is 0 Å². The number of hydrogen-bond donors (Lipinski definition) is 2. The lowest BCUT2D eigenvalue weighted by Crippen LogP contribution is -2.13. The number of phenolic OH excluding ortho intramolecular Hbond substituents is 1. The first-order valence-corrected chi connectivity index (χ1v) is 6.00. The molecule has 0 atom stereocenters. The van der Waals surface area contributed by atoms with Crippen LogP contribution >= 0.6 is 11.6 Å². The van der Waals surface area contributed by atoms with Crippen molar-refractivity contribution >= 4 is 28.9 Å². The largest absolute Gasteiger partial charge is 0.506 e. The van der Waals surface area contributed by atoms with Crippen LogP contribution in [0.15, 0.2) is 36.4 Å². The van der Waals surface area contributed by atoms with Gasteiger partial charge < -0.3 is 10.4 Å². The number of phenols is 1. The average Bonchev–Trinajstić information content (AvgIpc) is 2.43. The van der Waals surface area contributed by atoms with E-state index in [1.54, 1.807) is 0 Å². The number of halogens is 2. The molecule has 6 nitrogen and oxygen atoms in total. The molecule has 0 aliphatic carbocycles. The fraction of sp³-hybridized carbons (Fsp3) is 0. The van der Waals surface area contributed by atoms with E-state index in [0.29, 0.717) is 0 Å². The van der Waals surface area contributed by atoms with Crippen molar-refractivity contribution in [1.29, 1.82) is 0 Å². The standard InChI is InChI=1S/C13H8ClFN2O4/c14-8-5-4-7(6-11(8)18)13(19)16-9-2-1-3-10(12(9)15)17(20)21/h1-6,18H,(H,16,19). The third-order valence-corrected chi connectivity index (χ3v) is 2.95. The second kappa shape index (κ2) is 5.76. The van der Waals surface area contributed by atoms with Gasteiger partial charge in [0.05, 0.1) is 15.6 Å². The summed E-state index contributed by atoms with van der Waals surface area (Å²) in [5, 5.41) is 22.3. The molecule has 0 spiro atoms. The number of nitro groups is 1. The second-order valence-electron chi connectivity index (χ2n) is 4.02. The molecule has 0 aromatic heterocycles. The molecule has 108 valence electrons. The molecule has 0 unspecified atom stereocenters. The lowest BCUT2D eigenvalue weighted by molar-refractivity contribution is -0.387. The summed E-state index contributed by atoms with van der Waals surface area (Å²) >= 11 is 5.61. The zero-order valence-corrected chi connectivity index (χ0v) is 11.1. The smallest absolute Gasteiger partial charge is 0.306 e. The Hall–Kier alpha value is -2.67. The van der Waals surface area contributed by atoms with Crippen molar-refractivity contribution in [3.05, 3.63) is 62.9 Å². The fourth-order valence-electron chi connectivity index (χ4n) is 1.61. The molecule has 0 heterocycles. The maximum absolute atomic E-state index is 13.8. The molecule has 8 heteroatoms. The molecule has 1 amide bonds. The van der Waals surface area contributed by atoms with E-state index in [1.807, 2.05) is 0 Å². The maximum Gasteiger partial charge on any atom is 0.306 e. The van der Waals surface area contributed by atoms with Crippen LogP contribution in [0.2, 0.25) is 5.02 Å². The fourth-order valence-corrected chi connectivity index (χ4v) is 1.72. The van der Waals surface area contributed by atoms with E-state index in [0.717, 1.165) is 12.1 Å². The minimum absolute atomic E-state index is 0.0304. The zero-order chi connectivity index (χ0) is 15.6. The molecular formula is C13H8ClFN2O4. The Balaban J connectivity index is 2.29. The van der Waals surface area contributed by atoms with Crippen LogP contribution in [0.1, 0.15) is 10.4 Å². The van der Waals surface area contributed by atoms with Crippen LogP contribution in [0, 0.1) is 15.9 Å². The van der Waals surface area contributed by atoms with Crippen LogP contribution in [0.5, 0.6) is 5.75 Å². The van der Waals surface area contributed by atoms with Crippen LogP contribution in [0.3, 0.4) is 0 Å². The van der Waals surface area contributed by atoms with E-state index >= 15 is 0 Å². The minimum Gasteiger partial charge on any atom is -0.506 e. The number of benzene rings is 2. The van der Waals surface area contributed by atoms with Crippen molar-refractivity contribution in [1.82, 2.24) is 0 Å². The Kier molecular flexibility index (Phi) is 4.04. The van der Waals surface area contributed by atoms with Gasteiger partial charge >= 0.3 is 5.69 Å². The third kappa shape index (κ3) is 3.09. The molecule has 0 radical (unpaired) electrons. The van der Waals surface area contributed by atoms with E-state index < -0.39 is 22.3 Å². The number of nitrogens with one attached hydrogen (secondary N) is 1. The predicted molar refractivity (Wildman–Crippen MR) is 74.1 cm³/mol. The SMILES string of the molecule is O=C(Nc1cccc([N+](=O)[O-])c1F)c1ccc(Cl)c(O)c1. The number of anilines is 1. The highest BCUT2D eigenvalue weighted by Crippen LogP contribution is 2.26. The molecule has 2 N–H and O–H groups in total. The molecule has 21 heavy (non-hydrogen) atoms. The molecule has 2 aromatic carbocycles. The predicted octanol–water partition coefficient (Wildman–Crippen LogP) is 3.35.